The standard InChI is InChI=1S/C16H16O3/c1-11-10-14(17)16(19-2)13(15(11)18)9-8-12-6-4-3-5-7-12/h3-10,17-18H,1-2H3. The van der Waals surface area contributed by atoms with E-state index in [1.54, 1.807) is 13.0 Å². The molecule has 0 amide bonds. The Morgan fingerprint density at radius 3 is 2.37 bits per heavy atom. The van der Waals surface area contributed by atoms with E-state index in [1.165, 1.54) is 13.2 Å². The molecule has 2 aromatic carbocycles. The molecule has 0 atom stereocenters. The van der Waals surface area contributed by atoms with Crippen LogP contribution in [0.4, 0.5) is 0 Å². The van der Waals surface area contributed by atoms with E-state index >= 15 is 0 Å². The molecule has 0 aliphatic heterocycles. The summed E-state index contributed by atoms with van der Waals surface area (Å²) in [5, 5.41) is 19.9. The third kappa shape index (κ3) is 2.71. The van der Waals surface area contributed by atoms with Crippen LogP contribution in [0.2, 0.25) is 0 Å². The third-order valence-corrected chi connectivity index (χ3v) is 2.91. The highest BCUT2D eigenvalue weighted by Gasteiger charge is 2.13. The van der Waals surface area contributed by atoms with Gasteiger partial charge in [0.15, 0.2) is 11.5 Å². The summed E-state index contributed by atoms with van der Waals surface area (Å²) in [5.41, 5.74) is 2.08. The topological polar surface area (TPSA) is 49.7 Å². The zero-order valence-electron chi connectivity index (χ0n) is 10.9. The molecule has 0 heterocycles. The van der Waals surface area contributed by atoms with Crippen LogP contribution in [-0.2, 0) is 0 Å². The number of hydrogen-bond acceptors (Lipinski definition) is 3. The molecule has 2 rings (SSSR count). The Kier molecular flexibility index (Phi) is 3.76. The summed E-state index contributed by atoms with van der Waals surface area (Å²) in [6.07, 6.45) is 3.59. The van der Waals surface area contributed by atoms with Gasteiger partial charge in [-0.05, 0) is 30.2 Å². The van der Waals surface area contributed by atoms with Crippen molar-refractivity contribution >= 4 is 12.2 Å². The largest absolute Gasteiger partial charge is 0.507 e. The predicted octanol–water partition coefficient (Wildman–Crippen LogP) is 3.59. The fraction of sp³-hybridized carbons (Fsp3) is 0.125. The van der Waals surface area contributed by atoms with E-state index in [0.717, 1.165) is 5.56 Å². The maximum absolute atomic E-state index is 10.1. The highest BCUT2D eigenvalue weighted by atomic mass is 16.5. The Balaban J connectivity index is 2.47. The van der Waals surface area contributed by atoms with E-state index in [4.69, 9.17) is 4.74 Å². The maximum Gasteiger partial charge on any atom is 0.171 e. The van der Waals surface area contributed by atoms with Crippen molar-refractivity contribution in [3.05, 3.63) is 53.1 Å². The van der Waals surface area contributed by atoms with Gasteiger partial charge in [0.05, 0.1) is 12.7 Å². The van der Waals surface area contributed by atoms with Gasteiger partial charge in [0.2, 0.25) is 0 Å². The maximum atomic E-state index is 10.1. The summed E-state index contributed by atoms with van der Waals surface area (Å²) in [4.78, 5) is 0. The first-order valence-electron chi connectivity index (χ1n) is 5.96. The summed E-state index contributed by atoms with van der Waals surface area (Å²) in [5.74, 6) is 0.405. The van der Waals surface area contributed by atoms with Gasteiger partial charge in [-0.25, -0.2) is 0 Å². The Bertz CT molecular complexity index is 601. The molecule has 0 aromatic heterocycles. The Morgan fingerprint density at radius 1 is 1.05 bits per heavy atom. The van der Waals surface area contributed by atoms with Gasteiger partial charge >= 0.3 is 0 Å². The van der Waals surface area contributed by atoms with Crippen molar-refractivity contribution in [3.8, 4) is 17.2 Å². The molecule has 2 N–H and O–H groups in total. The normalized spacial score (nSPS) is 10.8. The van der Waals surface area contributed by atoms with E-state index in [2.05, 4.69) is 0 Å². The average molecular weight is 256 g/mol. The molecule has 0 unspecified atom stereocenters. The summed E-state index contributed by atoms with van der Waals surface area (Å²) < 4.78 is 5.14. The number of phenolic OH excluding ortho intramolecular Hbond substituents is 2. The molecule has 0 radical (unpaired) electrons. The van der Waals surface area contributed by atoms with Crippen LogP contribution in [0.3, 0.4) is 0 Å². The first kappa shape index (κ1) is 13.0. The smallest absolute Gasteiger partial charge is 0.171 e. The number of benzene rings is 2. The van der Waals surface area contributed by atoms with Gasteiger partial charge in [0.1, 0.15) is 5.75 Å². The van der Waals surface area contributed by atoms with Gasteiger partial charge in [-0.1, -0.05) is 36.4 Å². The van der Waals surface area contributed by atoms with Crippen molar-refractivity contribution in [2.45, 2.75) is 6.92 Å². The van der Waals surface area contributed by atoms with Crippen LogP contribution in [0, 0.1) is 6.92 Å². The molecular weight excluding hydrogens is 240 g/mol. The van der Waals surface area contributed by atoms with Crippen molar-refractivity contribution in [2.24, 2.45) is 0 Å². The van der Waals surface area contributed by atoms with Crippen LogP contribution in [0.25, 0.3) is 12.2 Å². The minimum Gasteiger partial charge on any atom is -0.507 e. The van der Waals surface area contributed by atoms with E-state index in [-0.39, 0.29) is 17.2 Å². The Hall–Kier alpha value is -2.42. The van der Waals surface area contributed by atoms with Crippen LogP contribution in [-0.4, -0.2) is 17.3 Å². The fourth-order valence-electron chi connectivity index (χ4n) is 1.91. The van der Waals surface area contributed by atoms with Crippen LogP contribution in [0.15, 0.2) is 36.4 Å². The second kappa shape index (κ2) is 5.48. The van der Waals surface area contributed by atoms with E-state index < -0.39 is 0 Å². The Morgan fingerprint density at radius 2 is 1.74 bits per heavy atom. The molecule has 19 heavy (non-hydrogen) atoms. The summed E-state index contributed by atoms with van der Waals surface area (Å²) in [6, 6.07) is 11.2. The highest BCUT2D eigenvalue weighted by molar-refractivity contribution is 5.78. The zero-order valence-corrected chi connectivity index (χ0v) is 10.9. The molecule has 0 spiro atoms. The first-order valence-corrected chi connectivity index (χ1v) is 5.96. The molecule has 0 saturated carbocycles. The molecular formula is C16H16O3. The van der Waals surface area contributed by atoms with E-state index in [0.29, 0.717) is 11.1 Å². The minimum atomic E-state index is 0.0190. The summed E-state index contributed by atoms with van der Waals surface area (Å²) in [7, 11) is 1.46. The average Bonchev–Trinajstić information content (AvgIpc) is 2.42. The zero-order chi connectivity index (χ0) is 13.8. The lowest BCUT2D eigenvalue weighted by Crippen LogP contribution is -1.90. The summed E-state index contributed by atoms with van der Waals surface area (Å²) in [6.45, 7) is 1.73. The fourth-order valence-corrected chi connectivity index (χ4v) is 1.91. The van der Waals surface area contributed by atoms with Crippen molar-refractivity contribution in [1.82, 2.24) is 0 Å². The molecule has 0 aliphatic rings. The number of methoxy groups -OCH3 is 1. The monoisotopic (exact) mass is 256 g/mol. The predicted molar refractivity (Wildman–Crippen MR) is 76.4 cm³/mol. The Labute approximate surface area is 112 Å². The quantitative estimate of drug-likeness (QED) is 0.651. The van der Waals surface area contributed by atoms with Gasteiger partial charge in [-0.15, -0.1) is 0 Å². The molecule has 3 nitrogen and oxygen atoms in total. The van der Waals surface area contributed by atoms with Gasteiger partial charge in [0.25, 0.3) is 0 Å². The number of rotatable bonds is 3. The number of phenols is 2. The molecule has 2 aromatic rings. The molecule has 0 fully saturated rings. The van der Waals surface area contributed by atoms with E-state index in [9.17, 15) is 10.2 Å². The SMILES string of the molecule is COc1c(O)cc(C)c(O)c1C=Cc1ccccc1. The molecule has 0 aliphatic carbocycles. The van der Waals surface area contributed by atoms with Gasteiger partial charge in [0, 0.05) is 0 Å². The number of aryl methyl sites for hydroxylation is 1. The molecule has 98 valence electrons. The lowest BCUT2D eigenvalue weighted by Gasteiger charge is -2.11. The summed E-state index contributed by atoms with van der Waals surface area (Å²) >= 11 is 0. The number of hydrogen-bond donors (Lipinski definition) is 2. The van der Waals surface area contributed by atoms with Crippen LogP contribution in [0.5, 0.6) is 17.2 Å². The van der Waals surface area contributed by atoms with Crippen LogP contribution < -0.4 is 4.74 Å². The number of aromatic hydroxyl groups is 2. The van der Waals surface area contributed by atoms with Crippen molar-refractivity contribution < 1.29 is 14.9 Å². The van der Waals surface area contributed by atoms with Crippen LogP contribution >= 0.6 is 0 Å². The van der Waals surface area contributed by atoms with Gasteiger partial charge < -0.3 is 14.9 Å². The minimum absolute atomic E-state index is 0.0190. The van der Waals surface area contributed by atoms with Gasteiger partial charge in [-0.2, -0.15) is 0 Å². The molecule has 3 heteroatoms. The van der Waals surface area contributed by atoms with Crippen LogP contribution in [0.1, 0.15) is 16.7 Å². The molecule has 0 bridgehead atoms. The second-order valence-electron chi connectivity index (χ2n) is 4.25. The van der Waals surface area contributed by atoms with Crippen molar-refractivity contribution in [1.29, 1.82) is 0 Å². The lowest BCUT2D eigenvalue weighted by atomic mass is 10.1. The van der Waals surface area contributed by atoms with E-state index in [1.807, 2.05) is 36.4 Å². The third-order valence-electron chi connectivity index (χ3n) is 2.91. The second-order valence-corrected chi connectivity index (χ2v) is 4.25. The molecule has 0 saturated heterocycles. The van der Waals surface area contributed by atoms with Crippen molar-refractivity contribution in [3.63, 3.8) is 0 Å². The van der Waals surface area contributed by atoms with Crippen molar-refractivity contribution in [2.75, 3.05) is 7.11 Å². The highest BCUT2D eigenvalue weighted by Crippen LogP contribution is 2.39. The van der Waals surface area contributed by atoms with Gasteiger partial charge in [-0.3, -0.25) is 0 Å². The first-order chi connectivity index (χ1) is 9.13. The number of ether oxygens (including phenoxy) is 1. The lowest BCUT2D eigenvalue weighted by molar-refractivity contribution is 0.366.